The molecule has 3 unspecified atom stereocenters. The van der Waals surface area contributed by atoms with E-state index in [9.17, 15) is 4.79 Å². The topological polar surface area (TPSA) is 71.5 Å². The number of furan rings is 1. The summed E-state index contributed by atoms with van der Waals surface area (Å²) >= 11 is 0. The summed E-state index contributed by atoms with van der Waals surface area (Å²) in [6.45, 7) is 7.49. The third kappa shape index (κ3) is 2.74. The van der Waals surface area contributed by atoms with Gasteiger partial charge in [0.15, 0.2) is 0 Å². The first-order chi connectivity index (χ1) is 9.37. The Bertz CT molecular complexity index is 483. The number of rotatable bonds is 4. The summed E-state index contributed by atoms with van der Waals surface area (Å²) in [6, 6.07) is 3.92. The Balaban J connectivity index is 2.19. The van der Waals surface area contributed by atoms with Gasteiger partial charge in [-0.15, -0.1) is 0 Å². The van der Waals surface area contributed by atoms with E-state index in [1.807, 2.05) is 32.9 Å². The van der Waals surface area contributed by atoms with E-state index in [2.05, 4.69) is 10.2 Å². The van der Waals surface area contributed by atoms with Crippen LogP contribution < -0.4 is 11.1 Å². The van der Waals surface area contributed by atoms with Crippen molar-refractivity contribution in [3.63, 3.8) is 0 Å². The SMILES string of the molecule is CNC(=O)C1(C)CCN(C(c2ccc(C)o2)C(C)N)C1. The van der Waals surface area contributed by atoms with Crippen LogP contribution in [0.5, 0.6) is 0 Å². The number of aryl methyl sites for hydroxylation is 1. The molecule has 5 heteroatoms. The van der Waals surface area contributed by atoms with E-state index in [0.717, 1.165) is 24.5 Å². The highest BCUT2D eigenvalue weighted by Crippen LogP contribution is 2.37. The molecule has 20 heavy (non-hydrogen) atoms. The summed E-state index contributed by atoms with van der Waals surface area (Å²) in [6.07, 6.45) is 0.843. The van der Waals surface area contributed by atoms with Crippen LogP contribution in [0.3, 0.4) is 0 Å². The van der Waals surface area contributed by atoms with Crippen LogP contribution in [0.4, 0.5) is 0 Å². The molecule has 3 atom stereocenters. The highest BCUT2D eigenvalue weighted by molar-refractivity contribution is 5.82. The van der Waals surface area contributed by atoms with E-state index in [1.54, 1.807) is 7.05 Å². The normalized spacial score (nSPS) is 26.4. The fourth-order valence-corrected chi connectivity index (χ4v) is 3.11. The average Bonchev–Trinajstić information content (AvgIpc) is 2.97. The van der Waals surface area contributed by atoms with Crippen LogP contribution in [0.25, 0.3) is 0 Å². The maximum absolute atomic E-state index is 12.0. The molecule has 1 fully saturated rings. The summed E-state index contributed by atoms with van der Waals surface area (Å²) in [5.74, 6) is 1.87. The highest BCUT2D eigenvalue weighted by Gasteiger charge is 2.43. The molecule has 112 valence electrons. The molecule has 3 N–H and O–H groups in total. The Labute approximate surface area is 120 Å². The van der Waals surface area contributed by atoms with Crippen molar-refractivity contribution in [1.82, 2.24) is 10.2 Å². The van der Waals surface area contributed by atoms with Gasteiger partial charge in [0.25, 0.3) is 0 Å². The lowest BCUT2D eigenvalue weighted by molar-refractivity contribution is -0.129. The predicted molar refractivity (Wildman–Crippen MR) is 78.2 cm³/mol. The number of hydrogen-bond donors (Lipinski definition) is 2. The van der Waals surface area contributed by atoms with E-state index in [0.29, 0.717) is 6.54 Å². The van der Waals surface area contributed by atoms with Gasteiger partial charge in [0.05, 0.1) is 11.5 Å². The van der Waals surface area contributed by atoms with Gasteiger partial charge in [-0.1, -0.05) is 0 Å². The molecule has 0 radical (unpaired) electrons. The maximum Gasteiger partial charge on any atom is 0.227 e. The number of nitrogens with zero attached hydrogens (tertiary/aromatic N) is 1. The largest absolute Gasteiger partial charge is 0.465 e. The molecule has 0 spiro atoms. The molecule has 1 aromatic heterocycles. The quantitative estimate of drug-likeness (QED) is 0.874. The molecule has 1 amide bonds. The third-order valence-electron chi connectivity index (χ3n) is 4.22. The second-order valence-electron chi connectivity index (χ2n) is 6.11. The van der Waals surface area contributed by atoms with Crippen molar-refractivity contribution in [2.24, 2.45) is 11.1 Å². The Hall–Kier alpha value is -1.33. The molecule has 1 aliphatic rings. The second-order valence-corrected chi connectivity index (χ2v) is 6.11. The first-order valence-electron chi connectivity index (χ1n) is 7.15. The van der Waals surface area contributed by atoms with Crippen molar-refractivity contribution in [3.05, 3.63) is 23.7 Å². The molecule has 1 saturated heterocycles. The molecule has 1 aromatic rings. The number of carbonyl (C=O) groups excluding carboxylic acids is 1. The first-order valence-corrected chi connectivity index (χ1v) is 7.15. The minimum atomic E-state index is -0.344. The number of likely N-dealkylation sites (tertiary alicyclic amines) is 1. The molecule has 5 nitrogen and oxygen atoms in total. The second kappa shape index (κ2) is 5.58. The summed E-state index contributed by atoms with van der Waals surface area (Å²) in [5, 5.41) is 2.76. The van der Waals surface area contributed by atoms with Crippen molar-refractivity contribution in [2.75, 3.05) is 20.1 Å². The van der Waals surface area contributed by atoms with E-state index in [1.165, 1.54) is 0 Å². The van der Waals surface area contributed by atoms with Crippen molar-refractivity contribution >= 4 is 5.91 Å². The Kier molecular flexibility index (Phi) is 4.20. The van der Waals surface area contributed by atoms with Crippen LogP contribution in [-0.4, -0.2) is 37.0 Å². The minimum Gasteiger partial charge on any atom is -0.465 e. The van der Waals surface area contributed by atoms with Gasteiger partial charge in [-0.2, -0.15) is 0 Å². The Morgan fingerprint density at radius 3 is 2.75 bits per heavy atom. The molecule has 0 aliphatic carbocycles. The van der Waals surface area contributed by atoms with Gasteiger partial charge in [-0.05, 0) is 39.3 Å². The van der Waals surface area contributed by atoms with Gasteiger partial charge in [0.1, 0.15) is 11.5 Å². The molecular formula is C15H25N3O2. The summed E-state index contributed by atoms with van der Waals surface area (Å²) < 4.78 is 5.75. The number of nitrogens with two attached hydrogens (primary N) is 1. The van der Waals surface area contributed by atoms with Gasteiger partial charge >= 0.3 is 0 Å². The zero-order valence-electron chi connectivity index (χ0n) is 12.8. The van der Waals surface area contributed by atoms with E-state index in [-0.39, 0.29) is 23.4 Å². The van der Waals surface area contributed by atoms with Gasteiger partial charge in [0.2, 0.25) is 5.91 Å². The number of nitrogens with one attached hydrogen (secondary N) is 1. The van der Waals surface area contributed by atoms with Gasteiger partial charge in [0, 0.05) is 26.2 Å². The average molecular weight is 279 g/mol. The zero-order valence-corrected chi connectivity index (χ0v) is 12.8. The van der Waals surface area contributed by atoms with Crippen LogP contribution >= 0.6 is 0 Å². The molecule has 0 saturated carbocycles. The fourth-order valence-electron chi connectivity index (χ4n) is 3.11. The minimum absolute atomic E-state index is 0.0233. The van der Waals surface area contributed by atoms with E-state index in [4.69, 9.17) is 10.2 Å². The van der Waals surface area contributed by atoms with E-state index < -0.39 is 0 Å². The van der Waals surface area contributed by atoms with Crippen LogP contribution in [0.15, 0.2) is 16.5 Å². The molecular weight excluding hydrogens is 254 g/mol. The third-order valence-corrected chi connectivity index (χ3v) is 4.22. The standard InChI is InChI=1S/C15H25N3O2/c1-10-5-6-12(20-10)13(11(2)16)18-8-7-15(3,9-18)14(19)17-4/h5-6,11,13H,7-9,16H2,1-4H3,(H,17,19). The number of amides is 1. The predicted octanol–water partition coefficient (Wildman–Crippen LogP) is 1.43. The smallest absolute Gasteiger partial charge is 0.227 e. The summed E-state index contributed by atoms with van der Waals surface area (Å²) in [7, 11) is 1.69. The molecule has 0 bridgehead atoms. The number of hydrogen-bond acceptors (Lipinski definition) is 4. The lowest BCUT2D eigenvalue weighted by Crippen LogP contribution is -2.42. The van der Waals surface area contributed by atoms with Crippen LogP contribution in [0.2, 0.25) is 0 Å². The van der Waals surface area contributed by atoms with Crippen LogP contribution in [0.1, 0.15) is 37.8 Å². The highest BCUT2D eigenvalue weighted by atomic mass is 16.3. The summed E-state index contributed by atoms with van der Waals surface area (Å²) in [4.78, 5) is 14.3. The lowest BCUT2D eigenvalue weighted by atomic mass is 9.89. The van der Waals surface area contributed by atoms with Gasteiger partial charge < -0.3 is 15.5 Å². The van der Waals surface area contributed by atoms with Crippen molar-refractivity contribution in [1.29, 1.82) is 0 Å². The monoisotopic (exact) mass is 279 g/mol. The fraction of sp³-hybridized carbons (Fsp3) is 0.667. The molecule has 1 aliphatic heterocycles. The molecule has 2 heterocycles. The first kappa shape index (κ1) is 15.1. The maximum atomic E-state index is 12.0. The number of carbonyl (C=O) groups is 1. The Morgan fingerprint density at radius 2 is 2.25 bits per heavy atom. The van der Waals surface area contributed by atoms with Gasteiger partial charge in [-0.3, -0.25) is 9.69 Å². The Morgan fingerprint density at radius 1 is 1.55 bits per heavy atom. The van der Waals surface area contributed by atoms with Crippen molar-refractivity contribution in [2.45, 2.75) is 39.3 Å². The van der Waals surface area contributed by atoms with Crippen molar-refractivity contribution < 1.29 is 9.21 Å². The molecule has 0 aromatic carbocycles. The lowest BCUT2D eigenvalue weighted by Gasteiger charge is -2.30. The van der Waals surface area contributed by atoms with E-state index >= 15 is 0 Å². The van der Waals surface area contributed by atoms with Gasteiger partial charge in [-0.25, -0.2) is 0 Å². The van der Waals surface area contributed by atoms with Crippen molar-refractivity contribution in [3.8, 4) is 0 Å². The molecule has 2 rings (SSSR count). The zero-order chi connectivity index (χ0) is 14.9. The van der Waals surface area contributed by atoms with Crippen LogP contribution in [0, 0.1) is 12.3 Å². The van der Waals surface area contributed by atoms with Crippen LogP contribution in [-0.2, 0) is 4.79 Å². The summed E-state index contributed by atoms with van der Waals surface area (Å²) in [5.41, 5.74) is 5.81.